The first-order valence-corrected chi connectivity index (χ1v) is 14.1. The first-order valence-electron chi connectivity index (χ1n) is 14.1. The van der Waals surface area contributed by atoms with Gasteiger partial charge in [0.15, 0.2) is 0 Å². The van der Waals surface area contributed by atoms with Gasteiger partial charge in [0.1, 0.15) is 6.07 Å². The number of rotatable bonds is 6. The summed E-state index contributed by atoms with van der Waals surface area (Å²) in [5.41, 5.74) is 7.62. The van der Waals surface area contributed by atoms with E-state index in [9.17, 15) is 15.2 Å². The van der Waals surface area contributed by atoms with Crippen molar-refractivity contribution in [1.82, 2.24) is 4.90 Å². The molecule has 7 nitrogen and oxygen atoms in total. The third-order valence-corrected chi connectivity index (χ3v) is 8.31. The van der Waals surface area contributed by atoms with E-state index in [-0.39, 0.29) is 24.6 Å². The van der Waals surface area contributed by atoms with Crippen LogP contribution in [0.5, 0.6) is 0 Å². The number of nitrogens with zero attached hydrogens (tertiary/aromatic N) is 4. The van der Waals surface area contributed by atoms with Crippen LogP contribution in [0.25, 0.3) is 0 Å². The number of carbonyl (C=O) groups excluding carboxylic acids is 1. The molecule has 2 saturated heterocycles. The standard InChI is InChI=1S/C33H37N5O2/c1-23-8-4-6-10-31(23)38-17-16-37(21-28(38)22-39)33(40)29-19-30(25(3)18-24(29)2)35-27-12-14-36(15-13-27)32-11-7-5-9-26(32)20-34/h4,6,8-11,18-19,27-28,35,39H,12-17,21-22H2,1-3H3/t28-/m1/s1. The summed E-state index contributed by atoms with van der Waals surface area (Å²) in [5, 5.41) is 23.4. The van der Waals surface area contributed by atoms with E-state index in [1.807, 2.05) is 36.1 Å². The summed E-state index contributed by atoms with van der Waals surface area (Å²) >= 11 is 0. The smallest absolute Gasteiger partial charge is 0.254 e. The van der Waals surface area contributed by atoms with Crippen LogP contribution in [0.4, 0.5) is 17.1 Å². The van der Waals surface area contributed by atoms with Crippen LogP contribution in [0.3, 0.4) is 0 Å². The van der Waals surface area contributed by atoms with Gasteiger partial charge < -0.3 is 25.1 Å². The average Bonchev–Trinajstić information content (AvgIpc) is 2.98. The van der Waals surface area contributed by atoms with Gasteiger partial charge in [-0.1, -0.05) is 36.4 Å². The molecule has 1 amide bonds. The second kappa shape index (κ2) is 11.9. The number of benzene rings is 2. The summed E-state index contributed by atoms with van der Waals surface area (Å²) < 4.78 is 0. The molecule has 0 aliphatic carbocycles. The summed E-state index contributed by atoms with van der Waals surface area (Å²) in [5.74, 6) is 0.0134. The molecule has 2 aliphatic heterocycles. The highest BCUT2D eigenvalue weighted by atomic mass is 16.3. The van der Waals surface area contributed by atoms with Crippen molar-refractivity contribution in [1.29, 1.82) is 5.26 Å². The van der Waals surface area contributed by atoms with E-state index in [1.165, 1.54) is 5.56 Å². The van der Waals surface area contributed by atoms with Crippen LogP contribution in [0.15, 0.2) is 48.5 Å². The Hall–Kier alpha value is -4.20. The maximum absolute atomic E-state index is 13.8. The van der Waals surface area contributed by atoms with E-state index < -0.39 is 0 Å². The number of piperidine rings is 1. The minimum atomic E-state index is -0.144. The fourth-order valence-corrected chi connectivity index (χ4v) is 6.02. The number of piperazine rings is 1. The molecule has 0 saturated carbocycles. The summed E-state index contributed by atoms with van der Waals surface area (Å²) in [4.78, 5) is 20.1. The fraction of sp³-hybridized carbons (Fsp3) is 0.394. The van der Waals surface area contributed by atoms with E-state index in [0.717, 1.165) is 54.1 Å². The number of hydrogen-bond acceptors (Lipinski definition) is 6. The average molecular weight is 536 g/mol. The molecule has 3 aromatic rings. The Labute approximate surface area is 237 Å². The molecule has 40 heavy (non-hydrogen) atoms. The number of aliphatic hydroxyl groups is 1. The van der Waals surface area contributed by atoms with Gasteiger partial charge in [0.25, 0.3) is 5.91 Å². The molecule has 7 heteroatoms. The van der Waals surface area contributed by atoms with Crippen LogP contribution in [-0.4, -0.2) is 67.3 Å². The first-order chi connectivity index (χ1) is 19.4. The van der Waals surface area contributed by atoms with Crippen molar-refractivity contribution in [3.05, 3.63) is 88.5 Å². The van der Waals surface area contributed by atoms with Gasteiger partial charge in [-0.05, 0) is 62.4 Å². The number of carbonyl (C=O) groups is 1. The lowest BCUT2D eigenvalue weighted by atomic mass is 9.99. The predicted octanol–water partition coefficient (Wildman–Crippen LogP) is 4.49. The molecule has 1 atom stereocenters. The van der Waals surface area contributed by atoms with Crippen molar-refractivity contribution in [2.45, 2.75) is 45.7 Å². The Bertz CT molecular complexity index is 1410. The number of anilines is 3. The molecule has 0 unspecified atom stereocenters. The van der Waals surface area contributed by atoms with Crippen molar-refractivity contribution in [3.8, 4) is 6.07 Å². The fourth-order valence-electron chi connectivity index (χ4n) is 6.02. The largest absolute Gasteiger partial charge is 0.394 e. The minimum Gasteiger partial charge on any atom is -0.394 e. The molecule has 2 heterocycles. The van der Waals surface area contributed by atoms with E-state index in [1.54, 1.807) is 6.07 Å². The highest BCUT2D eigenvalue weighted by molar-refractivity contribution is 5.97. The van der Waals surface area contributed by atoms with E-state index >= 15 is 0 Å². The van der Waals surface area contributed by atoms with E-state index in [4.69, 9.17) is 0 Å². The van der Waals surface area contributed by atoms with Crippen LogP contribution in [0.1, 0.15) is 45.5 Å². The highest BCUT2D eigenvalue weighted by Crippen LogP contribution is 2.29. The van der Waals surface area contributed by atoms with E-state index in [0.29, 0.717) is 30.8 Å². The normalized spacial score (nSPS) is 17.8. The van der Waals surface area contributed by atoms with Gasteiger partial charge in [-0.2, -0.15) is 5.26 Å². The molecule has 0 bridgehead atoms. The number of para-hydroxylation sites is 1. The third-order valence-electron chi connectivity index (χ3n) is 8.31. The Kier molecular flexibility index (Phi) is 8.14. The van der Waals surface area contributed by atoms with Gasteiger partial charge in [-0.15, -0.1) is 0 Å². The summed E-state index contributed by atoms with van der Waals surface area (Å²) in [7, 11) is 0. The van der Waals surface area contributed by atoms with Crippen molar-refractivity contribution in [3.63, 3.8) is 0 Å². The van der Waals surface area contributed by atoms with E-state index in [2.05, 4.69) is 65.4 Å². The molecule has 5 rings (SSSR count). The third kappa shape index (κ3) is 5.57. The van der Waals surface area contributed by atoms with Crippen LogP contribution in [0.2, 0.25) is 0 Å². The zero-order valence-corrected chi connectivity index (χ0v) is 23.6. The number of hydrogen-bond donors (Lipinski definition) is 2. The van der Waals surface area contributed by atoms with Gasteiger partial charge in [0.05, 0.1) is 23.9 Å². The number of nitrogens with one attached hydrogen (secondary N) is 1. The molecular formula is C33H37N5O2. The quantitative estimate of drug-likeness (QED) is 0.484. The maximum atomic E-state index is 13.8. The van der Waals surface area contributed by atoms with Crippen LogP contribution >= 0.6 is 0 Å². The second-order valence-electron chi connectivity index (χ2n) is 10.9. The molecule has 2 aliphatic rings. The predicted molar refractivity (Wildman–Crippen MR) is 159 cm³/mol. The topological polar surface area (TPSA) is 82.8 Å². The summed E-state index contributed by atoms with van der Waals surface area (Å²) in [6.45, 7) is 9.61. The number of aliphatic hydroxyl groups excluding tert-OH is 1. The zero-order valence-electron chi connectivity index (χ0n) is 23.6. The SMILES string of the molecule is Cc1cc(C)c(C(=O)N2CCN(c3ccccc3C)[C@@H](CO)C2)cc1NC1CCN(c2cc#ccc2C#N)CC1. The lowest BCUT2D eigenvalue weighted by Crippen LogP contribution is -2.56. The summed E-state index contributed by atoms with van der Waals surface area (Å²) in [6.07, 6.45) is 1.86. The second-order valence-corrected chi connectivity index (χ2v) is 10.9. The molecule has 206 valence electrons. The highest BCUT2D eigenvalue weighted by Gasteiger charge is 2.31. The van der Waals surface area contributed by atoms with Crippen molar-refractivity contribution < 1.29 is 9.90 Å². The number of aryl methyl sites for hydroxylation is 3. The molecule has 3 aromatic carbocycles. The van der Waals surface area contributed by atoms with Gasteiger partial charge in [0, 0.05) is 67.8 Å². The van der Waals surface area contributed by atoms with Crippen molar-refractivity contribution in [2.75, 3.05) is 54.4 Å². The number of nitriles is 1. The Morgan fingerprint density at radius 2 is 1.75 bits per heavy atom. The zero-order chi connectivity index (χ0) is 28.2. The molecule has 0 radical (unpaired) electrons. The molecular weight excluding hydrogens is 498 g/mol. The lowest BCUT2D eigenvalue weighted by molar-refractivity contribution is 0.0698. The van der Waals surface area contributed by atoms with Gasteiger partial charge in [-0.3, -0.25) is 4.79 Å². The minimum absolute atomic E-state index is 0.00831. The monoisotopic (exact) mass is 535 g/mol. The van der Waals surface area contributed by atoms with Gasteiger partial charge >= 0.3 is 0 Å². The maximum Gasteiger partial charge on any atom is 0.254 e. The molecule has 0 spiro atoms. The number of amides is 1. The Morgan fingerprint density at radius 3 is 2.48 bits per heavy atom. The Morgan fingerprint density at radius 1 is 1.00 bits per heavy atom. The lowest BCUT2D eigenvalue weighted by Gasteiger charge is -2.42. The molecule has 2 fully saturated rings. The Balaban J connectivity index is 1.26. The molecule has 2 N–H and O–H groups in total. The van der Waals surface area contributed by atoms with Crippen molar-refractivity contribution >= 4 is 23.0 Å². The van der Waals surface area contributed by atoms with Crippen molar-refractivity contribution in [2.24, 2.45) is 0 Å². The van der Waals surface area contributed by atoms with Gasteiger partial charge in [0.2, 0.25) is 0 Å². The van der Waals surface area contributed by atoms with Crippen LogP contribution < -0.4 is 15.1 Å². The molecule has 0 aromatic heterocycles. The first kappa shape index (κ1) is 27.4. The van der Waals surface area contributed by atoms with Crippen LogP contribution in [-0.2, 0) is 0 Å². The van der Waals surface area contributed by atoms with Crippen LogP contribution in [0, 0.1) is 44.2 Å². The summed E-state index contributed by atoms with van der Waals surface area (Å²) in [6, 6.07) is 24.1. The van der Waals surface area contributed by atoms with Gasteiger partial charge in [-0.25, -0.2) is 0 Å².